The van der Waals surface area contributed by atoms with E-state index in [-0.39, 0.29) is 22.3 Å². The molecule has 0 N–H and O–H groups in total. The van der Waals surface area contributed by atoms with Gasteiger partial charge in [-0.1, -0.05) is 6.07 Å². The molecular formula is C21H25NO6S. The Hall–Kier alpha value is -2.45. The third-order valence-electron chi connectivity index (χ3n) is 5.12. The van der Waals surface area contributed by atoms with Crippen LogP contribution >= 0.6 is 0 Å². The maximum atomic E-state index is 12.6. The summed E-state index contributed by atoms with van der Waals surface area (Å²) in [6.45, 7) is 4.86. The topological polar surface area (TPSA) is 91.7 Å². The molecule has 3 rings (SSSR count). The molecule has 29 heavy (non-hydrogen) atoms. The van der Waals surface area contributed by atoms with Gasteiger partial charge in [-0.05, 0) is 51.0 Å². The fourth-order valence-electron chi connectivity index (χ4n) is 3.50. The first-order valence-electron chi connectivity index (χ1n) is 9.45. The summed E-state index contributed by atoms with van der Waals surface area (Å²) in [5, 5.41) is 0. The van der Waals surface area contributed by atoms with E-state index in [1.807, 2.05) is 13.8 Å². The molecule has 0 radical (unpaired) electrons. The van der Waals surface area contributed by atoms with Gasteiger partial charge in [-0.2, -0.15) is 0 Å². The van der Waals surface area contributed by atoms with Crippen LogP contribution in [-0.2, 0) is 25.9 Å². The Morgan fingerprint density at radius 1 is 1.24 bits per heavy atom. The molecule has 1 aromatic carbocycles. The van der Waals surface area contributed by atoms with Gasteiger partial charge in [0.15, 0.2) is 16.4 Å². The molecule has 2 aromatic rings. The molecule has 7 nitrogen and oxygen atoms in total. The second-order valence-electron chi connectivity index (χ2n) is 7.33. The molecule has 1 aliphatic heterocycles. The SMILES string of the molecule is Cc1cc(C(=O)COC(=O)c2cccc(S(C)(=O)=O)c2)c(C)n1C[C@@H]1CCCO1. The zero-order chi connectivity index (χ0) is 21.2. The minimum absolute atomic E-state index is 0.0240. The first kappa shape index (κ1) is 21.3. The van der Waals surface area contributed by atoms with E-state index in [9.17, 15) is 18.0 Å². The first-order chi connectivity index (χ1) is 13.7. The number of hydrogen-bond acceptors (Lipinski definition) is 6. The van der Waals surface area contributed by atoms with Gasteiger partial charge in [0.1, 0.15) is 0 Å². The van der Waals surface area contributed by atoms with Gasteiger partial charge in [-0.3, -0.25) is 4.79 Å². The van der Waals surface area contributed by atoms with Crippen LogP contribution < -0.4 is 0 Å². The summed E-state index contributed by atoms with van der Waals surface area (Å²) < 4.78 is 36.1. The fraction of sp³-hybridized carbons (Fsp3) is 0.429. The summed E-state index contributed by atoms with van der Waals surface area (Å²) in [5.41, 5.74) is 2.37. The lowest BCUT2D eigenvalue weighted by Gasteiger charge is -2.14. The van der Waals surface area contributed by atoms with Gasteiger partial charge in [0, 0.05) is 36.4 Å². The Kier molecular flexibility index (Phi) is 6.24. The van der Waals surface area contributed by atoms with Crippen LogP contribution in [0.25, 0.3) is 0 Å². The van der Waals surface area contributed by atoms with Crippen molar-refractivity contribution in [3.8, 4) is 0 Å². The van der Waals surface area contributed by atoms with Gasteiger partial charge in [0.2, 0.25) is 5.78 Å². The Morgan fingerprint density at radius 3 is 2.66 bits per heavy atom. The van der Waals surface area contributed by atoms with Crippen LogP contribution in [0, 0.1) is 13.8 Å². The van der Waals surface area contributed by atoms with E-state index >= 15 is 0 Å². The number of Topliss-reactive ketones (excluding diaryl/α,β-unsaturated/α-hetero) is 1. The van der Waals surface area contributed by atoms with Crippen LogP contribution in [0.15, 0.2) is 35.2 Å². The molecule has 0 unspecified atom stereocenters. The van der Waals surface area contributed by atoms with Crippen molar-refractivity contribution in [1.29, 1.82) is 0 Å². The molecule has 1 saturated heterocycles. The highest BCUT2D eigenvalue weighted by atomic mass is 32.2. The highest BCUT2D eigenvalue weighted by molar-refractivity contribution is 7.90. The lowest BCUT2D eigenvalue weighted by molar-refractivity contribution is 0.0474. The number of ether oxygens (including phenoxy) is 2. The number of rotatable bonds is 7. The van der Waals surface area contributed by atoms with Crippen LogP contribution in [0.4, 0.5) is 0 Å². The highest BCUT2D eigenvalue weighted by Crippen LogP contribution is 2.21. The van der Waals surface area contributed by atoms with Crippen molar-refractivity contribution in [2.45, 2.75) is 44.2 Å². The lowest BCUT2D eigenvalue weighted by Crippen LogP contribution is -2.18. The molecule has 1 aromatic heterocycles. The first-order valence-corrected chi connectivity index (χ1v) is 11.3. The van der Waals surface area contributed by atoms with E-state index in [0.29, 0.717) is 12.1 Å². The van der Waals surface area contributed by atoms with Crippen LogP contribution in [-0.4, -0.2) is 50.3 Å². The largest absolute Gasteiger partial charge is 0.454 e. The van der Waals surface area contributed by atoms with E-state index in [0.717, 1.165) is 37.1 Å². The van der Waals surface area contributed by atoms with Crippen molar-refractivity contribution >= 4 is 21.6 Å². The third kappa shape index (κ3) is 4.94. The van der Waals surface area contributed by atoms with E-state index in [1.54, 1.807) is 6.07 Å². The molecule has 8 heteroatoms. The van der Waals surface area contributed by atoms with Crippen LogP contribution in [0.5, 0.6) is 0 Å². The predicted molar refractivity (Wildman–Crippen MR) is 107 cm³/mol. The van der Waals surface area contributed by atoms with Crippen molar-refractivity contribution < 1.29 is 27.5 Å². The highest BCUT2D eigenvalue weighted by Gasteiger charge is 2.22. The van der Waals surface area contributed by atoms with Gasteiger partial charge >= 0.3 is 5.97 Å². The molecule has 0 saturated carbocycles. The molecule has 1 aliphatic rings. The Morgan fingerprint density at radius 2 is 2.00 bits per heavy atom. The standard InChI is InChI=1S/C21H25NO6S/c1-14-10-19(15(2)22(14)12-17-7-5-9-27-17)20(23)13-28-21(24)16-6-4-8-18(11-16)29(3,25)26/h4,6,8,10-11,17H,5,7,9,12-13H2,1-3H3/t17-/m0/s1. The summed E-state index contributed by atoms with van der Waals surface area (Å²) >= 11 is 0. The number of carbonyl (C=O) groups excluding carboxylic acids is 2. The summed E-state index contributed by atoms with van der Waals surface area (Å²) in [5.74, 6) is -1.04. The van der Waals surface area contributed by atoms with E-state index in [4.69, 9.17) is 9.47 Å². The number of aryl methyl sites for hydroxylation is 1. The van der Waals surface area contributed by atoms with E-state index < -0.39 is 22.4 Å². The monoisotopic (exact) mass is 419 g/mol. The Balaban J connectivity index is 1.67. The van der Waals surface area contributed by atoms with Crippen LogP contribution in [0.1, 0.15) is 44.9 Å². The second kappa shape index (κ2) is 8.51. The van der Waals surface area contributed by atoms with Crippen LogP contribution in [0.3, 0.4) is 0 Å². The number of nitrogens with zero attached hydrogens (tertiary/aromatic N) is 1. The van der Waals surface area contributed by atoms with E-state index in [2.05, 4.69) is 4.57 Å². The van der Waals surface area contributed by atoms with Gasteiger partial charge in [0.25, 0.3) is 0 Å². The van der Waals surface area contributed by atoms with Gasteiger partial charge in [-0.15, -0.1) is 0 Å². The molecule has 0 amide bonds. The number of hydrogen-bond donors (Lipinski definition) is 0. The lowest BCUT2D eigenvalue weighted by atomic mass is 10.1. The minimum atomic E-state index is -3.44. The summed E-state index contributed by atoms with van der Waals surface area (Å²) in [6, 6.07) is 7.36. The van der Waals surface area contributed by atoms with Crippen molar-refractivity contribution in [1.82, 2.24) is 4.57 Å². The predicted octanol–water partition coefficient (Wildman–Crippen LogP) is 2.73. The average Bonchev–Trinajstić information content (AvgIpc) is 3.29. The molecule has 0 aliphatic carbocycles. The zero-order valence-corrected chi connectivity index (χ0v) is 17.6. The van der Waals surface area contributed by atoms with Gasteiger partial charge in [-0.25, -0.2) is 13.2 Å². The van der Waals surface area contributed by atoms with Gasteiger partial charge < -0.3 is 14.0 Å². The number of sulfone groups is 1. The van der Waals surface area contributed by atoms with Crippen molar-refractivity contribution in [3.63, 3.8) is 0 Å². The minimum Gasteiger partial charge on any atom is -0.454 e. The Labute approximate surface area is 170 Å². The number of aromatic nitrogens is 1. The van der Waals surface area contributed by atoms with E-state index in [1.165, 1.54) is 24.3 Å². The quantitative estimate of drug-likeness (QED) is 0.506. The van der Waals surface area contributed by atoms with Crippen molar-refractivity contribution in [3.05, 3.63) is 52.8 Å². The fourth-order valence-corrected chi connectivity index (χ4v) is 4.17. The molecule has 1 fully saturated rings. The number of carbonyl (C=O) groups is 2. The average molecular weight is 419 g/mol. The molecule has 2 heterocycles. The smallest absolute Gasteiger partial charge is 0.338 e. The second-order valence-corrected chi connectivity index (χ2v) is 9.35. The normalized spacial score (nSPS) is 16.7. The molecule has 0 spiro atoms. The number of benzene rings is 1. The maximum absolute atomic E-state index is 12.6. The maximum Gasteiger partial charge on any atom is 0.338 e. The summed E-state index contributed by atoms with van der Waals surface area (Å²) in [6.07, 6.45) is 3.27. The molecular weight excluding hydrogens is 394 g/mol. The van der Waals surface area contributed by atoms with Crippen LogP contribution in [0.2, 0.25) is 0 Å². The Bertz CT molecular complexity index is 1030. The third-order valence-corrected chi connectivity index (χ3v) is 6.23. The summed E-state index contributed by atoms with van der Waals surface area (Å²) in [4.78, 5) is 24.9. The van der Waals surface area contributed by atoms with Gasteiger partial charge in [0.05, 0.1) is 16.6 Å². The molecule has 1 atom stereocenters. The number of ketones is 1. The molecule has 0 bridgehead atoms. The van der Waals surface area contributed by atoms with Crippen molar-refractivity contribution in [2.75, 3.05) is 19.5 Å². The van der Waals surface area contributed by atoms with Crippen molar-refractivity contribution in [2.24, 2.45) is 0 Å². The number of esters is 1. The zero-order valence-electron chi connectivity index (χ0n) is 16.8. The summed E-state index contributed by atoms with van der Waals surface area (Å²) in [7, 11) is -3.44. The molecule has 156 valence electrons.